The number of alkyl halides is 3. The topological polar surface area (TPSA) is 69.0 Å². The molecule has 1 amide bonds. The lowest BCUT2D eigenvalue weighted by atomic mass is 10.1. The van der Waals surface area contributed by atoms with Crippen LogP contribution in [0.25, 0.3) is 0 Å². The van der Waals surface area contributed by atoms with Gasteiger partial charge in [0, 0.05) is 12.7 Å². The number of aryl methyl sites for hydroxylation is 2. The number of nitrogens with one attached hydrogen (secondary N) is 1. The zero-order valence-electron chi connectivity index (χ0n) is 17.2. The highest BCUT2D eigenvalue weighted by atomic mass is 32.2. The smallest absolute Gasteiger partial charge is 0.416 e. The van der Waals surface area contributed by atoms with Gasteiger partial charge in [-0.1, -0.05) is 23.9 Å². The van der Waals surface area contributed by atoms with Gasteiger partial charge in [-0.2, -0.15) is 13.2 Å². The molecule has 0 saturated carbocycles. The van der Waals surface area contributed by atoms with Gasteiger partial charge in [0.15, 0.2) is 11.0 Å². The number of anilines is 1. The van der Waals surface area contributed by atoms with Crippen molar-refractivity contribution in [1.29, 1.82) is 0 Å². The summed E-state index contributed by atoms with van der Waals surface area (Å²) in [7, 11) is 1.70. The Morgan fingerprint density at radius 3 is 2.61 bits per heavy atom. The normalized spacial score (nSPS) is 11.4. The highest BCUT2D eigenvalue weighted by Gasteiger charge is 2.30. The molecule has 1 N–H and O–H groups in total. The Labute approximate surface area is 181 Å². The number of aromatic nitrogens is 3. The van der Waals surface area contributed by atoms with Crippen molar-refractivity contribution in [3.63, 3.8) is 0 Å². The van der Waals surface area contributed by atoms with Crippen molar-refractivity contribution in [3.8, 4) is 5.75 Å². The van der Waals surface area contributed by atoms with Crippen LogP contribution in [0.5, 0.6) is 5.75 Å². The summed E-state index contributed by atoms with van der Waals surface area (Å²) in [5.41, 5.74) is 2.17. The van der Waals surface area contributed by atoms with Crippen molar-refractivity contribution in [2.75, 3.05) is 11.1 Å². The Morgan fingerprint density at radius 2 is 1.90 bits per heavy atom. The first-order valence-corrected chi connectivity index (χ1v) is 10.3. The molecule has 31 heavy (non-hydrogen) atoms. The number of carbonyl (C=O) groups is 1. The Kier molecular flexibility index (Phi) is 6.89. The third-order valence-corrected chi connectivity index (χ3v) is 5.60. The maximum atomic E-state index is 12.8. The predicted molar refractivity (Wildman–Crippen MR) is 112 cm³/mol. The van der Waals surface area contributed by atoms with Crippen LogP contribution in [0.2, 0.25) is 0 Å². The second-order valence-corrected chi connectivity index (χ2v) is 7.85. The number of halogens is 3. The van der Waals surface area contributed by atoms with Crippen LogP contribution in [0.1, 0.15) is 22.5 Å². The molecule has 0 aliphatic heterocycles. The van der Waals surface area contributed by atoms with Gasteiger partial charge in [-0.3, -0.25) is 4.79 Å². The Morgan fingerprint density at radius 1 is 1.13 bits per heavy atom. The van der Waals surface area contributed by atoms with Gasteiger partial charge in [0.2, 0.25) is 5.91 Å². The van der Waals surface area contributed by atoms with Gasteiger partial charge in [0.25, 0.3) is 0 Å². The van der Waals surface area contributed by atoms with Crippen molar-refractivity contribution >= 4 is 23.4 Å². The van der Waals surface area contributed by atoms with Crippen LogP contribution in [0.3, 0.4) is 0 Å². The third kappa shape index (κ3) is 6.00. The molecule has 6 nitrogen and oxygen atoms in total. The number of hydrogen-bond acceptors (Lipinski definition) is 5. The van der Waals surface area contributed by atoms with E-state index in [4.69, 9.17) is 4.74 Å². The van der Waals surface area contributed by atoms with Crippen LogP contribution in [-0.4, -0.2) is 26.4 Å². The molecule has 0 saturated heterocycles. The molecular formula is C21H21F3N4O2S. The fourth-order valence-corrected chi connectivity index (χ4v) is 3.38. The van der Waals surface area contributed by atoms with Crippen molar-refractivity contribution in [1.82, 2.24) is 14.8 Å². The van der Waals surface area contributed by atoms with E-state index in [1.807, 2.05) is 32.0 Å². The molecule has 0 aliphatic carbocycles. The second-order valence-electron chi connectivity index (χ2n) is 6.91. The molecule has 1 heterocycles. The maximum absolute atomic E-state index is 12.8. The number of benzene rings is 2. The van der Waals surface area contributed by atoms with E-state index in [1.165, 1.54) is 23.9 Å². The van der Waals surface area contributed by atoms with E-state index in [0.29, 0.717) is 11.0 Å². The molecule has 0 radical (unpaired) electrons. The minimum Gasteiger partial charge on any atom is -0.486 e. The van der Waals surface area contributed by atoms with Gasteiger partial charge in [-0.25, -0.2) is 0 Å². The van der Waals surface area contributed by atoms with Crippen molar-refractivity contribution in [3.05, 3.63) is 65.0 Å². The molecule has 3 rings (SSSR count). The SMILES string of the molecule is Cc1ccc(NC(=O)CSc2nnc(COc3cccc(C(F)(F)F)c3)n2C)cc1C. The van der Waals surface area contributed by atoms with Crippen LogP contribution in [0.4, 0.5) is 18.9 Å². The minimum absolute atomic E-state index is 0.0553. The average molecular weight is 450 g/mol. The lowest BCUT2D eigenvalue weighted by Gasteiger charge is -2.10. The number of thioether (sulfide) groups is 1. The first-order chi connectivity index (χ1) is 14.6. The highest BCUT2D eigenvalue weighted by Crippen LogP contribution is 2.31. The summed E-state index contributed by atoms with van der Waals surface area (Å²) < 4.78 is 45.5. The maximum Gasteiger partial charge on any atom is 0.416 e. The Hall–Kier alpha value is -3.01. The van der Waals surface area contributed by atoms with Crippen LogP contribution in [-0.2, 0) is 24.6 Å². The van der Waals surface area contributed by atoms with Gasteiger partial charge in [-0.15, -0.1) is 10.2 Å². The number of ether oxygens (including phenoxy) is 1. The summed E-state index contributed by atoms with van der Waals surface area (Å²) in [6.07, 6.45) is -4.44. The number of nitrogens with zero attached hydrogens (tertiary/aromatic N) is 3. The van der Waals surface area contributed by atoms with Crippen molar-refractivity contribution in [2.24, 2.45) is 7.05 Å². The molecule has 0 aliphatic rings. The second kappa shape index (κ2) is 9.42. The van der Waals surface area contributed by atoms with Gasteiger partial charge in [0.05, 0.1) is 11.3 Å². The van der Waals surface area contributed by atoms with Crippen LogP contribution < -0.4 is 10.1 Å². The van der Waals surface area contributed by atoms with Crippen LogP contribution in [0.15, 0.2) is 47.6 Å². The fraction of sp³-hybridized carbons (Fsp3) is 0.286. The summed E-state index contributed by atoms with van der Waals surface area (Å²) in [5.74, 6) is 0.459. The summed E-state index contributed by atoms with van der Waals surface area (Å²) in [5, 5.41) is 11.4. The zero-order chi connectivity index (χ0) is 22.6. The number of hydrogen-bond donors (Lipinski definition) is 1. The standard InChI is InChI=1S/C21H21F3N4O2S/c1-13-7-8-16(9-14(13)2)25-19(29)12-31-20-27-26-18(28(20)3)11-30-17-6-4-5-15(10-17)21(22,23)24/h4-10H,11-12H2,1-3H3,(H,25,29). The summed E-state index contributed by atoms with van der Waals surface area (Å²) in [6.45, 7) is 3.92. The van der Waals surface area contributed by atoms with Gasteiger partial charge >= 0.3 is 6.18 Å². The van der Waals surface area contributed by atoms with E-state index in [-0.39, 0.29) is 24.0 Å². The average Bonchev–Trinajstić information content (AvgIpc) is 3.07. The van der Waals surface area contributed by atoms with E-state index < -0.39 is 11.7 Å². The van der Waals surface area contributed by atoms with Crippen LogP contribution >= 0.6 is 11.8 Å². The van der Waals surface area contributed by atoms with Gasteiger partial charge < -0.3 is 14.6 Å². The van der Waals surface area contributed by atoms with Crippen molar-refractivity contribution in [2.45, 2.75) is 31.8 Å². The van der Waals surface area contributed by atoms with Gasteiger partial charge in [0.1, 0.15) is 12.4 Å². The summed E-state index contributed by atoms with van der Waals surface area (Å²) >= 11 is 1.20. The van der Waals surface area contributed by atoms with E-state index in [2.05, 4.69) is 15.5 Å². The van der Waals surface area contributed by atoms with Crippen LogP contribution in [0, 0.1) is 13.8 Å². The summed E-state index contributed by atoms with van der Waals surface area (Å²) in [4.78, 5) is 12.2. The quantitative estimate of drug-likeness (QED) is 0.526. The number of amides is 1. The summed E-state index contributed by atoms with van der Waals surface area (Å²) in [6, 6.07) is 10.3. The number of carbonyl (C=O) groups excluding carboxylic acids is 1. The lowest BCUT2D eigenvalue weighted by molar-refractivity contribution is -0.137. The molecule has 2 aromatic carbocycles. The lowest BCUT2D eigenvalue weighted by Crippen LogP contribution is -2.14. The molecule has 0 bridgehead atoms. The molecular weight excluding hydrogens is 429 g/mol. The molecule has 0 unspecified atom stereocenters. The van der Waals surface area contributed by atoms with Crippen molar-refractivity contribution < 1.29 is 22.7 Å². The molecule has 3 aromatic rings. The molecule has 0 spiro atoms. The molecule has 164 valence electrons. The van der Waals surface area contributed by atoms with E-state index in [0.717, 1.165) is 28.9 Å². The molecule has 1 aromatic heterocycles. The van der Waals surface area contributed by atoms with E-state index >= 15 is 0 Å². The van der Waals surface area contributed by atoms with E-state index in [9.17, 15) is 18.0 Å². The zero-order valence-corrected chi connectivity index (χ0v) is 18.0. The Balaban J connectivity index is 1.55. The Bertz CT molecular complexity index is 1080. The monoisotopic (exact) mass is 450 g/mol. The molecule has 0 fully saturated rings. The predicted octanol–water partition coefficient (Wildman–Crippen LogP) is 4.76. The van der Waals surface area contributed by atoms with E-state index in [1.54, 1.807) is 11.6 Å². The first-order valence-electron chi connectivity index (χ1n) is 9.31. The first kappa shape index (κ1) is 22.7. The third-order valence-electron chi connectivity index (χ3n) is 4.58. The highest BCUT2D eigenvalue weighted by molar-refractivity contribution is 7.99. The minimum atomic E-state index is -4.44. The van der Waals surface area contributed by atoms with Gasteiger partial charge in [-0.05, 0) is 55.3 Å². The number of rotatable bonds is 7. The molecule has 0 atom stereocenters. The molecule has 10 heteroatoms. The fourth-order valence-electron chi connectivity index (χ4n) is 2.65. The largest absolute Gasteiger partial charge is 0.486 e.